The van der Waals surface area contributed by atoms with Gasteiger partial charge in [0.05, 0.1) is 0 Å². The van der Waals surface area contributed by atoms with E-state index in [0.717, 1.165) is 110 Å². The van der Waals surface area contributed by atoms with Crippen molar-refractivity contribution >= 4 is 60.3 Å². The summed E-state index contributed by atoms with van der Waals surface area (Å²) < 4.78 is 51.8. The van der Waals surface area contributed by atoms with Crippen LogP contribution in [0.15, 0.2) is 158 Å². The second-order valence-corrected chi connectivity index (χ2v) is 28.4. The molecular formula is C74H80O7P2. The highest BCUT2D eigenvalue weighted by Crippen LogP contribution is 2.59. The Morgan fingerprint density at radius 1 is 0.289 bits per heavy atom. The number of rotatable bonds is 14. The van der Waals surface area contributed by atoms with Crippen molar-refractivity contribution < 1.29 is 31.9 Å². The van der Waals surface area contributed by atoms with Gasteiger partial charge in [-0.2, -0.15) is 0 Å². The van der Waals surface area contributed by atoms with Gasteiger partial charge in [0.15, 0.2) is 0 Å². The molecule has 0 spiro atoms. The first-order valence-electron chi connectivity index (χ1n) is 28.8. The molecule has 0 aliphatic rings. The van der Waals surface area contributed by atoms with Gasteiger partial charge in [0.1, 0.15) is 45.8 Å². The predicted octanol–water partition coefficient (Wildman–Crippen LogP) is 22.4. The lowest BCUT2D eigenvalue weighted by molar-refractivity contribution is 0.129. The van der Waals surface area contributed by atoms with Crippen molar-refractivity contribution in [2.24, 2.45) is 0 Å². The quantitative estimate of drug-likeness (QED) is 0.101. The summed E-state index contributed by atoms with van der Waals surface area (Å²) in [5, 5.41) is 8.01. The molecular weight excluding hydrogens is 1060 g/mol. The molecule has 0 aliphatic carbocycles. The summed E-state index contributed by atoms with van der Waals surface area (Å²) in [5.41, 5.74) is 9.25. The van der Waals surface area contributed by atoms with Crippen LogP contribution in [-0.2, 0) is 16.2 Å². The van der Waals surface area contributed by atoms with Gasteiger partial charge in [-0.25, -0.2) is 0 Å². The fourth-order valence-electron chi connectivity index (χ4n) is 11.0. The zero-order valence-corrected chi connectivity index (χ0v) is 53.6. The summed E-state index contributed by atoms with van der Waals surface area (Å²) >= 11 is 0. The van der Waals surface area contributed by atoms with Crippen molar-refractivity contribution in [2.75, 3.05) is 0 Å². The number of fused-ring (bicyclic) bond motifs is 4. The normalized spacial score (nSPS) is 12.4. The zero-order valence-electron chi connectivity index (χ0n) is 51.8. The van der Waals surface area contributed by atoms with Gasteiger partial charge in [-0.3, -0.25) is 0 Å². The highest BCUT2D eigenvalue weighted by Gasteiger charge is 2.39. The van der Waals surface area contributed by atoms with Crippen molar-refractivity contribution in [2.45, 2.75) is 146 Å². The lowest BCUT2D eigenvalue weighted by atomic mass is 9.74. The first-order chi connectivity index (χ1) is 39.1. The molecule has 0 aromatic heterocycles. The Bertz CT molecular complexity index is 3920. The molecule has 0 heterocycles. The maximum absolute atomic E-state index is 7.81. The Morgan fingerprint density at radius 2 is 0.590 bits per heavy atom. The topological polar surface area (TPSA) is 64.6 Å². The molecule has 0 amide bonds. The Morgan fingerprint density at radius 3 is 0.892 bits per heavy atom. The fraction of sp³-hybridized carbons (Fsp3) is 0.297. The number of benzene rings is 10. The van der Waals surface area contributed by atoms with Crippen molar-refractivity contribution in [1.82, 2.24) is 0 Å². The highest BCUT2D eigenvalue weighted by molar-refractivity contribution is 7.43. The van der Waals surface area contributed by atoms with Crippen LogP contribution in [0.25, 0.3) is 54.2 Å². The van der Waals surface area contributed by atoms with Crippen LogP contribution in [0.2, 0.25) is 0 Å². The Kier molecular flexibility index (Phi) is 16.1. The van der Waals surface area contributed by atoms with E-state index in [0.29, 0.717) is 34.5 Å². The smallest absolute Gasteiger partial charge is 0.488 e. The molecule has 0 bridgehead atoms. The van der Waals surface area contributed by atoms with Crippen LogP contribution >= 0.6 is 17.2 Å². The summed E-state index contributed by atoms with van der Waals surface area (Å²) in [6, 6.07) is 54.7. The molecule has 0 radical (unpaired) electrons. The van der Waals surface area contributed by atoms with Gasteiger partial charge in [0.25, 0.3) is 0 Å². The van der Waals surface area contributed by atoms with Gasteiger partial charge in [0, 0.05) is 49.4 Å². The van der Waals surface area contributed by atoms with E-state index < -0.39 is 33.6 Å². The lowest BCUT2D eigenvalue weighted by Gasteiger charge is -2.35. The van der Waals surface area contributed by atoms with E-state index in [4.69, 9.17) is 31.9 Å². The average Bonchev–Trinajstić information content (AvgIpc) is 1.66. The minimum absolute atomic E-state index is 0.323. The molecule has 9 heteroatoms. The van der Waals surface area contributed by atoms with Crippen molar-refractivity contribution in [3.8, 4) is 51.4 Å². The first-order valence-corrected chi connectivity index (χ1v) is 31.0. The molecule has 10 rings (SSSR count). The molecule has 0 atom stereocenters. The van der Waals surface area contributed by atoms with E-state index in [-0.39, 0.29) is 5.41 Å². The molecule has 0 saturated carbocycles. The Labute approximate surface area is 495 Å². The third-order valence-corrected chi connectivity index (χ3v) is 17.2. The predicted molar refractivity (Wildman–Crippen MR) is 350 cm³/mol. The second-order valence-electron chi connectivity index (χ2n) is 26.4. The maximum atomic E-state index is 7.81. The van der Waals surface area contributed by atoms with Gasteiger partial charge in [-0.05, 0) is 142 Å². The van der Waals surface area contributed by atoms with Crippen molar-refractivity contribution in [1.29, 1.82) is 0 Å². The van der Waals surface area contributed by atoms with Crippen LogP contribution in [0.4, 0.5) is 0 Å². The van der Waals surface area contributed by atoms with Gasteiger partial charge in [0.2, 0.25) is 0 Å². The molecule has 0 aliphatic heterocycles. The fourth-order valence-corrected chi connectivity index (χ4v) is 13.2. The second kappa shape index (κ2) is 22.7. The molecule has 83 heavy (non-hydrogen) atoms. The van der Waals surface area contributed by atoms with E-state index in [2.05, 4.69) is 234 Å². The summed E-state index contributed by atoms with van der Waals surface area (Å²) in [6.45, 7) is 39.3. The molecule has 0 N–H and O–H groups in total. The van der Waals surface area contributed by atoms with E-state index >= 15 is 0 Å². The third kappa shape index (κ3) is 12.8. The molecule has 0 fully saturated rings. The molecule has 0 unspecified atom stereocenters. The molecule has 0 saturated heterocycles. The zero-order chi connectivity index (χ0) is 59.5. The van der Waals surface area contributed by atoms with Crippen LogP contribution in [0.5, 0.6) is 40.2 Å². The molecule has 10 aromatic carbocycles. The molecule has 428 valence electrons. The van der Waals surface area contributed by atoms with Gasteiger partial charge in [-0.1, -0.05) is 212 Å². The summed E-state index contributed by atoms with van der Waals surface area (Å²) in [7, 11) is -4.59. The number of hydrogen-bond acceptors (Lipinski definition) is 7. The minimum Gasteiger partial charge on any atom is -0.488 e. The first kappa shape index (κ1) is 58.9. The van der Waals surface area contributed by atoms with E-state index in [1.165, 1.54) is 0 Å². The highest BCUT2D eigenvalue weighted by atomic mass is 31.2. The monoisotopic (exact) mass is 1140 g/mol. The summed E-state index contributed by atoms with van der Waals surface area (Å²) in [6.07, 6.45) is 0. The minimum atomic E-state index is -2.30. The number of aryl methyl sites for hydroxylation is 4. The van der Waals surface area contributed by atoms with Gasteiger partial charge < -0.3 is 31.9 Å². The largest absolute Gasteiger partial charge is 0.530 e. The number of hydrogen-bond donors (Lipinski definition) is 0. The van der Waals surface area contributed by atoms with E-state index in [9.17, 15) is 0 Å². The van der Waals surface area contributed by atoms with Crippen LogP contribution in [0.3, 0.4) is 0 Å². The average molecular weight is 1140 g/mol. The van der Waals surface area contributed by atoms with Crippen molar-refractivity contribution in [3.05, 3.63) is 208 Å². The SMILES string of the molecule is Cc1ccc2c(OP(Oc3c(C(C)(C)C)cc(OC(C)(C)C)c(C)c3-c3c(C)c(C(C)(C)C)cc(C(C)(C)C)c3OP(Oc3cccc4cc(C)ccc34)Oc3cccc4cc(C)ccc34)Oc3cccc4cc(C)ccc34)cccc2c1. The van der Waals surface area contributed by atoms with E-state index in [1.807, 2.05) is 48.5 Å². The van der Waals surface area contributed by atoms with Gasteiger partial charge >= 0.3 is 17.2 Å². The standard InChI is InChI=1S/C74H80O7P2/c1-45-31-35-55-51(39-45)23-19-27-62(55)76-82(77-63-28-20-24-52-40-46(2)32-36-56(52)63)80-69-60(72(10,11)12)43-59(71(7,8)9)49(5)67(69)68-50(6)66(75-74(16,17)18)44-61(73(13,14)15)70(68)81-83(78-64-29-21-25-53-41-47(3)33-37-57(53)64)79-65-30-22-26-54-42-48(4)34-38-58(54)65/h19-44H,1-18H3. The summed E-state index contributed by atoms with van der Waals surface area (Å²) in [4.78, 5) is 0. The van der Waals surface area contributed by atoms with Crippen LogP contribution in [-0.4, -0.2) is 5.60 Å². The number of ether oxygens (including phenoxy) is 1. The molecule has 10 aromatic rings. The Balaban J connectivity index is 1.28. The van der Waals surface area contributed by atoms with Crippen LogP contribution in [0.1, 0.15) is 133 Å². The van der Waals surface area contributed by atoms with Crippen LogP contribution < -0.4 is 31.9 Å². The van der Waals surface area contributed by atoms with Gasteiger partial charge in [-0.15, -0.1) is 0 Å². The Hall–Kier alpha value is -7.30. The maximum Gasteiger partial charge on any atom is 0.530 e. The van der Waals surface area contributed by atoms with Crippen molar-refractivity contribution in [3.63, 3.8) is 0 Å². The molecule has 7 nitrogen and oxygen atoms in total. The summed E-state index contributed by atoms with van der Waals surface area (Å²) in [5.74, 6) is 4.51. The lowest BCUT2D eigenvalue weighted by Crippen LogP contribution is -2.25. The van der Waals surface area contributed by atoms with Crippen LogP contribution in [0, 0.1) is 41.5 Å². The van der Waals surface area contributed by atoms with E-state index in [1.54, 1.807) is 0 Å². The third-order valence-electron chi connectivity index (χ3n) is 15.1.